The summed E-state index contributed by atoms with van der Waals surface area (Å²) in [7, 11) is 0. The highest BCUT2D eigenvalue weighted by Crippen LogP contribution is 2.17. The summed E-state index contributed by atoms with van der Waals surface area (Å²) in [6.07, 6.45) is 3.21. The van der Waals surface area contributed by atoms with E-state index in [0.717, 1.165) is 28.4 Å². The molecule has 3 rings (SSSR count). The smallest absolute Gasteiger partial charge is 0.251 e. The van der Waals surface area contributed by atoms with Gasteiger partial charge in [-0.05, 0) is 32.9 Å². The number of nitrogens with zero attached hydrogens (tertiary/aromatic N) is 4. The summed E-state index contributed by atoms with van der Waals surface area (Å²) in [6, 6.07) is 5.32. The van der Waals surface area contributed by atoms with Crippen LogP contribution in [0.2, 0.25) is 0 Å². The van der Waals surface area contributed by atoms with E-state index in [1.165, 1.54) is 0 Å². The number of nitrogens with one attached hydrogen (secondary N) is 2. The highest BCUT2D eigenvalue weighted by atomic mass is 16.1. The third-order valence-electron chi connectivity index (χ3n) is 3.84. The molecule has 7 heteroatoms. The van der Waals surface area contributed by atoms with Crippen LogP contribution in [-0.2, 0) is 0 Å². The molecule has 0 aromatic carbocycles. The largest absolute Gasteiger partial charge is 0.368 e. The van der Waals surface area contributed by atoms with Gasteiger partial charge in [-0.15, -0.1) is 0 Å². The van der Waals surface area contributed by atoms with Crippen molar-refractivity contribution in [1.29, 1.82) is 0 Å². The Morgan fingerprint density at radius 2 is 1.92 bits per heavy atom. The second kappa shape index (κ2) is 6.66. The molecule has 0 aliphatic rings. The van der Waals surface area contributed by atoms with Crippen molar-refractivity contribution in [2.75, 3.05) is 18.4 Å². The van der Waals surface area contributed by atoms with Gasteiger partial charge in [0, 0.05) is 48.4 Å². The highest BCUT2D eigenvalue weighted by Gasteiger charge is 2.10. The molecule has 0 spiro atoms. The van der Waals surface area contributed by atoms with Crippen LogP contribution < -0.4 is 10.6 Å². The van der Waals surface area contributed by atoms with E-state index >= 15 is 0 Å². The number of aromatic nitrogens is 4. The Hall–Kier alpha value is -2.96. The summed E-state index contributed by atoms with van der Waals surface area (Å²) in [5.74, 6) is 0.757. The first kappa shape index (κ1) is 15.9. The molecule has 3 aromatic heterocycles. The number of rotatable bonds is 5. The van der Waals surface area contributed by atoms with Gasteiger partial charge in [-0.1, -0.05) is 0 Å². The standard InChI is InChI=1S/C17H20N6O/c1-11-10-15(23-16(21-11)12(2)13(3)22-23)19-8-9-20-17(24)14-4-6-18-7-5-14/h4-7,10,19H,8-9H2,1-3H3,(H,20,24). The molecule has 0 radical (unpaired) electrons. The average Bonchev–Trinajstić information content (AvgIpc) is 2.87. The first-order valence-corrected chi connectivity index (χ1v) is 7.82. The molecule has 3 heterocycles. The Kier molecular flexibility index (Phi) is 4.41. The van der Waals surface area contributed by atoms with Crippen LogP contribution in [0.5, 0.6) is 0 Å². The van der Waals surface area contributed by atoms with Gasteiger partial charge in [0.1, 0.15) is 5.82 Å². The predicted octanol–water partition coefficient (Wildman–Crippen LogP) is 1.89. The van der Waals surface area contributed by atoms with E-state index < -0.39 is 0 Å². The van der Waals surface area contributed by atoms with Gasteiger partial charge in [0.2, 0.25) is 0 Å². The molecule has 124 valence electrons. The van der Waals surface area contributed by atoms with E-state index in [0.29, 0.717) is 18.7 Å². The van der Waals surface area contributed by atoms with Gasteiger partial charge in [-0.25, -0.2) is 4.98 Å². The van der Waals surface area contributed by atoms with Crippen LogP contribution >= 0.6 is 0 Å². The van der Waals surface area contributed by atoms with Gasteiger partial charge in [0.15, 0.2) is 5.65 Å². The molecule has 0 saturated heterocycles. The SMILES string of the molecule is Cc1cc(NCCNC(=O)c2ccncc2)n2nc(C)c(C)c2n1. The number of amides is 1. The fraction of sp³-hybridized carbons (Fsp3) is 0.294. The molecule has 3 aromatic rings. The summed E-state index contributed by atoms with van der Waals surface area (Å²) >= 11 is 0. The van der Waals surface area contributed by atoms with Gasteiger partial charge in [-0.3, -0.25) is 9.78 Å². The van der Waals surface area contributed by atoms with Crippen molar-refractivity contribution < 1.29 is 4.79 Å². The molecule has 7 nitrogen and oxygen atoms in total. The van der Waals surface area contributed by atoms with E-state index in [2.05, 4.69) is 25.7 Å². The van der Waals surface area contributed by atoms with E-state index in [-0.39, 0.29) is 5.91 Å². The van der Waals surface area contributed by atoms with Crippen LogP contribution in [0, 0.1) is 20.8 Å². The van der Waals surface area contributed by atoms with Crippen molar-refractivity contribution >= 4 is 17.4 Å². The number of hydrogen-bond acceptors (Lipinski definition) is 5. The number of pyridine rings is 1. The number of carbonyl (C=O) groups excluding carboxylic acids is 1. The molecule has 0 bridgehead atoms. The minimum Gasteiger partial charge on any atom is -0.368 e. The third-order valence-corrected chi connectivity index (χ3v) is 3.84. The quantitative estimate of drug-likeness (QED) is 0.700. The van der Waals surface area contributed by atoms with Crippen LogP contribution in [-0.4, -0.2) is 38.6 Å². The lowest BCUT2D eigenvalue weighted by Gasteiger charge is -2.10. The third kappa shape index (κ3) is 3.19. The predicted molar refractivity (Wildman–Crippen MR) is 92.3 cm³/mol. The Bertz CT molecular complexity index is 872. The van der Waals surface area contributed by atoms with Gasteiger partial charge >= 0.3 is 0 Å². The van der Waals surface area contributed by atoms with Crippen molar-refractivity contribution in [1.82, 2.24) is 24.9 Å². The van der Waals surface area contributed by atoms with E-state index in [1.807, 2.05) is 31.4 Å². The van der Waals surface area contributed by atoms with Crippen LogP contribution in [0.3, 0.4) is 0 Å². The number of carbonyl (C=O) groups is 1. The van der Waals surface area contributed by atoms with Crippen LogP contribution in [0.15, 0.2) is 30.6 Å². The molecule has 1 amide bonds. The number of aryl methyl sites for hydroxylation is 3. The van der Waals surface area contributed by atoms with E-state index in [9.17, 15) is 4.79 Å². The first-order chi connectivity index (χ1) is 11.6. The molecule has 2 N–H and O–H groups in total. The second-order valence-corrected chi connectivity index (χ2v) is 5.65. The fourth-order valence-corrected chi connectivity index (χ4v) is 2.45. The Morgan fingerprint density at radius 1 is 1.17 bits per heavy atom. The lowest BCUT2D eigenvalue weighted by atomic mass is 10.2. The maximum atomic E-state index is 12.0. The molecule has 0 saturated carbocycles. The Labute approximate surface area is 140 Å². The summed E-state index contributed by atoms with van der Waals surface area (Å²) in [4.78, 5) is 20.4. The molecule has 0 unspecified atom stereocenters. The number of anilines is 1. The molecular weight excluding hydrogens is 304 g/mol. The topological polar surface area (TPSA) is 84.2 Å². The first-order valence-electron chi connectivity index (χ1n) is 7.82. The van der Waals surface area contributed by atoms with E-state index in [1.54, 1.807) is 24.5 Å². The van der Waals surface area contributed by atoms with Crippen molar-refractivity contribution in [2.24, 2.45) is 0 Å². The Morgan fingerprint density at radius 3 is 2.67 bits per heavy atom. The summed E-state index contributed by atoms with van der Waals surface area (Å²) in [5, 5.41) is 10.7. The lowest BCUT2D eigenvalue weighted by molar-refractivity contribution is 0.0955. The fourth-order valence-electron chi connectivity index (χ4n) is 2.45. The summed E-state index contributed by atoms with van der Waals surface area (Å²) in [5.41, 5.74) is 4.42. The Balaban J connectivity index is 1.64. The normalized spacial score (nSPS) is 10.8. The van der Waals surface area contributed by atoms with Gasteiger partial charge in [0.25, 0.3) is 5.91 Å². The van der Waals surface area contributed by atoms with Gasteiger partial charge in [-0.2, -0.15) is 9.61 Å². The number of hydrogen-bond donors (Lipinski definition) is 2. The van der Waals surface area contributed by atoms with Crippen LogP contribution in [0.1, 0.15) is 27.3 Å². The van der Waals surface area contributed by atoms with E-state index in [4.69, 9.17) is 0 Å². The molecule has 0 aliphatic heterocycles. The molecule has 0 aliphatic carbocycles. The minimum absolute atomic E-state index is 0.110. The highest BCUT2D eigenvalue weighted by molar-refractivity contribution is 5.93. The summed E-state index contributed by atoms with van der Waals surface area (Å²) in [6.45, 7) is 7.04. The zero-order chi connectivity index (χ0) is 17.1. The summed E-state index contributed by atoms with van der Waals surface area (Å²) < 4.78 is 1.81. The molecule has 24 heavy (non-hydrogen) atoms. The minimum atomic E-state index is -0.110. The zero-order valence-electron chi connectivity index (χ0n) is 14.0. The van der Waals surface area contributed by atoms with Crippen LogP contribution in [0.4, 0.5) is 5.82 Å². The van der Waals surface area contributed by atoms with Crippen molar-refractivity contribution in [2.45, 2.75) is 20.8 Å². The van der Waals surface area contributed by atoms with Gasteiger partial charge in [0.05, 0.1) is 5.69 Å². The van der Waals surface area contributed by atoms with Crippen molar-refractivity contribution in [3.8, 4) is 0 Å². The second-order valence-electron chi connectivity index (χ2n) is 5.65. The molecular formula is C17H20N6O. The molecule has 0 fully saturated rings. The van der Waals surface area contributed by atoms with Crippen molar-refractivity contribution in [3.05, 3.63) is 53.1 Å². The average molecular weight is 324 g/mol. The van der Waals surface area contributed by atoms with Crippen LogP contribution in [0.25, 0.3) is 5.65 Å². The number of fused-ring (bicyclic) bond motifs is 1. The monoisotopic (exact) mass is 324 g/mol. The van der Waals surface area contributed by atoms with Gasteiger partial charge < -0.3 is 10.6 Å². The molecule has 0 atom stereocenters. The lowest BCUT2D eigenvalue weighted by Crippen LogP contribution is -2.29. The van der Waals surface area contributed by atoms with Crippen molar-refractivity contribution in [3.63, 3.8) is 0 Å². The zero-order valence-corrected chi connectivity index (χ0v) is 14.0. The maximum absolute atomic E-state index is 12.0. The maximum Gasteiger partial charge on any atom is 0.251 e.